The first-order chi connectivity index (χ1) is 15.3. The van der Waals surface area contributed by atoms with Crippen LogP contribution in [-0.2, 0) is 14.3 Å². The van der Waals surface area contributed by atoms with Gasteiger partial charge in [-0.1, -0.05) is 29.8 Å². The number of benzene rings is 1. The molecule has 5 atom stereocenters. The summed E-state index contributed by atoms with van der Waals surface area (Å²) in [5.74, 6) is 0.0793. The van der Waals surface area contributed by atoms with Crippen LogP contribution in [0, 0.1) is 5.92 Å². The second-order valence-electron chi connectivity index (χ2n) is 8.39. The second-order valence-corrected chi connectivity index (χ2v) is 8.83. The summed E-state index contributed by atoms with van der Waals surface area (Å²) >= 11 is 5.91. The molecular formula is C24H35ClO7. The molecule has 0 bridgehead atoms. The highest BCUT2D eigenvalue weighted by atomic mass is 35.5. The van der Waals surface area contributed by atoms with Crippen molar-refractivity contribution in [2.75, 3.05) is 13.2 Å². The fourth-order valence-electron chi connectivity index (χ4n) is 3.66. The van der Waals surface area contributed by atoms with Crippen molar-refractivity contribution < 1.29 is 34.3 Å². The zero-order valence-corrected chi connectivity index (χ0v) is 19.5. The Morgan fingerprint density at radius 1 is 1.22 bits per heavy atom. The van der Waals surface area contributed by atoms with Gasteiger partial charge in [0, 0.05) is 23.8 Å². The molecule has 3 N–H and O–H groups in total. The quantitative estimate of drug-likeness (QED) is 0.231. The van der Waals surface area contributed by atoms with Gasteiger partial charge >= 0.3 is 5.97 Å². The summed E-state index contributed by atoms with van der Waals surface area (Å²) in [5, 5.41) is 31.3. The predicted molar refractivity (Wildman–Crippen MR) is 122 cm³/mol. The van der Waals surface area contributed by atoms with Crippen LogP contribution in [0.25, 0.3) is 0 Å². The Morgan fingerprint density at radius 2 is 2.00 bits per heavy atom. The smallest absolute Gasteiger partial charge is 0.306 e. The lowest BCUT2D eigenvalue weighted by Crippen LogP contribution is -2.34. The van der Waals surface area contributed by atoms with Crippen molar-refractivity contribution in [2.24, 2.45) is 5.92 Å². The van der Waals surface area contributed by atoms with Crippen molar-refractivity contribution in [3.05, 3.63) is 41.4 Å². The predicted octanol–water partition coefficient (Wildman–Crippen LogP) is 3.27. The molecule has 1 saturated carbocycles. The van der Waals surface area contributed by atoms with Crippen molar-refractivity contribution >= 4 is 17.6 Å². The summed E-state index contributed by atoms with van der Waals surface area (Å²) < 4.78 is 16.4. The molecule has 0 aromatic heterocycles. The molecule has 1 aromatic rings. The van der Waals surface area contributed by atoms with Crippen molar-refractivity contribution in [2.45, 2.75) is 76.5 Å². The first kappa shape index (κ1) is 26.6. The third kappa shape index (κ3) is 9.46. The van der Waals surface area contributed by atoms with E-state index in [9.17, 15) is 20.1 Å². The molecule has 0 unspecified atom stereocenters. The molecule has 1 aliphatic carbocycles. The van der Waals surface area contributed by atoms with Gasteiger partial charge in [0.2, 0.25) is 0 Å². The molecule has 0 radical (unpaired) electrons. The first-order valence-electron chi connectivity index (χ1n) is 11.1. The molecule has 2 rings (SSSR count). The summed E-state index contributed by atoms with van der Waals surface area (Å²) in [6.07, 6.45) is 3.42. The van der Waals surface area contributed by atoms with Crippen molar-refractivity contribution in [3.8, 4) is 5.75 Å². The molecule has 0 spiro atoms. The summed E-state index contributed by atoms with van der Waals surface area (Å²) in [6, 6.07) is 6.89. The molecule has 0 amide bonds. The van der Waals surface area contributed by atoms with Crippen LogP contribution >= 0.6 is 11.6 Å². The number of carbonyl (C=O) groups excluding carboxylic acids is 1. The van der Waals surface area contributed by atoms with Crippen LogP contribution in [0.4, 0.5) is 0 Å². The van der Waals surface area contributed by atoms with Gasteiger partial charge in [-0.15, -0.1) is 0 Å². The fourth-order valence-corrected chi connectivity index (χ4v) is 3.84. The number of ether oxygens (including phenoxy) is 3. The average molecular weight is 471 g/mol. The Hall–Kier alpha value is -1.64. The van der Waals surface area contributed by atoms with Gasteiger partial charge in [0.15, 0.2) is 0 Å². The molecular weight excluding hydrogens is 436 g/mol. The number of aliphatic hydroxyl groups is 3. The third-order valence-electron chi connectivity index (χ3n) is 5.19. The number of hydrogen-bond acceptors (Lipinski definition) is 7. The number of allylic oxidation sites excluding steroid dienone is 2. The van der Waals surface area contributed by atoms with Crippen LogP contribution in [0.1, 0.15) is 46.0 Å². The minimum atomic E-state index is -0.888. The molecule has 0 saturated heterocycles. The second kappa shape index (κ2) is 13.8. The van der Waals surface area contributed by atoms with E-state index >= 15 is 0 Å². The van der Waals surface area contributed by atoms with Crippen molar-refractivity contribution in [1.82, 2.24) is 0 Å². The van der Waals surface area contributed by atoms with Gasteiger partial charge in [0.1, 0.15) is 18.5 Å². The Balaban J connectivity index is 1.72. The molecule has 0 heterocycles. The largest absolute Gasteiger partial charge is 0.491 e. The summed E-state index contributed by atoms with van der Waals surface area (Å²) in [7, 11) is 0. The van der Waals surface area contributed by atoms with E-state index in [2.05, 4.69) is 0 Å². The van der Waals surface area contributed by atoms with E-state index < -0.39 is 24.4 Å². The number of rotatable bonds is 13. The first-order valence-corrected chi connectivity index (χ1v) is 11.5. The maximum absolute atomic E-state index is 11.5. The number of esters is 1. The SMILES string of the molecule is CC(C)OC(=O)CCCC=CC[C@@H]1[C@@H](OC[C@H](O)COc2cccc(Cl)c2)[C@H](O)C[C@@H]1O. The highest BCUT2D eigenvalue weighted by molar-refractivity contribution is 6.30. The van der Waals surface area contributed by atoms with E-state index in [1.807, 2.05) is 26.0 Å². The van der Waals surface area contributed by atoms with Crippen LogP contribution in [0.3, 0.4) is 0 Å². The molecule has 7 nitrogen and oxygen atoms in total. The average Bonchev–Trinajstić information content (AvgIpc) is 2.99. The van der Waals surface area contributed by atoms with Crippen LogP contribution in [-0.4, -0.2) is 65.0 Å². The van der Waals surface area contributed by atoms with Gasteiger partial charge in [0.05, 0.1) is 31.0 Å². The van der Waals surface area contributed by atoms with Crippen LogP contribution < -0.4 is 4.74 Å². The molecule has 32 heavy (non-hydrogen) atoms. The minimum absolute atomic E-state index is 0.0206. The Morgan fingerprint density at radius 3 is 2.72 bits per heavy atom. The number of halogens is 1. The Kier molecular flexibility index (Phi) is 11.5. The topological polar surface area (TPSA) is 105 Å². The fraction of sp³-hybridized carbons (Fsp3) is 0.625. The van der Waals surface area contributed by atoms with E-state index in [1.54, 1.807) is 24.3 Å². The summed E-state index contributed by atoms with van der Waals surface area (Å²) in [5.41, 5.74) is 0. The standard InChI is InChI=1S/C24H35ClO7/c1-16(2)32-23(29)11-6-4-3-5-10-20-21(27)13-22(28)24(20)31-15-18(26)14-30-19-9-7-8-17(25)12-19/h3,5,7-9,12,16,18,20-22,24,26-28H,4,6,10-11,13-15H2,1-2H3/t18-,20+,21+,22-,24-/m1/s1. The van der Waals surface area contributed by atoms with Crippen LogP contribution in [0.5, 0.6) is 5.75 Å². The Bertz CT molecular complexity index is 724. The highest BCUT2D eigenvalue weighted by Crippen LogP contribution is 2.32. The number of carbonyl (C=O) groups is 1. The monoisotopic (exact) mass is 470 g/mol. The van der Waals surface area contributed by atoms with Crippen LogP contribution in [0.15, 0.2) is 36.4 Å². The van der Waals surface area contributed by atoms with Crippen LogP contribution in [0.2, 0.25) is 5.02 Å². The van der Waals surface area contributed by atoms with Gasteiger partial charge in [-0.05, 0) is 51.3 Å². The van der Waals surface area contributed by atoms with E-state index in [1.165, 1.54) is 0 Å². The van der Waals surface area contributed by atoms with E-state index in [4.69, 9.17) is 25.8 Å². The van der Waals surface area contributed by atoms with Crippen molar-refractivity contribution in [1.29, 1.82) is 0 Å². The summed E-state index contributed by atoms with van der Waals surface area (Å²) in [4.78, 5) is 11.5. The highest BCUT2D eigenvalue weighted by Gasteiger charge is 2.42. The zero-order chi connectivity index (χ0) is 23.5. The molecule has 0 aliphatic heterocycles. The molecule has 1 aromatic carbocycles. The van der Waals surface area contributed by atoms with Crippen molar-refractivity contribution in [3.63, 3.8) is 0 Å². The molecule has 1 aliphatic rings. The van der Waals surface area contributed by atoms with Gasteiger partial charge in [-0.3, -0.25) is 4.79 Å². The maximum Gasteiger partial charge on any atom is 0.306 e. The van der Waals surface area contributed by atoms with E-state index in [0.29, 0.717) is 30.0 Å². The lowest BCUT2D eigenvalue weighted by atomic mass is 9.98. The lowest BCUT2D eigenvalue weighted by Gasteiger charge is -2.24. The molecule has 1 fully saturated rings. The molecule has 180 valence electrons. The number of aliphatic hydroxyl groups excluding tert-OH is 3. The maximum atomic E-state index is 11.5. The third-order valence-corrected chi connectivity index (χ3v) is 5.43. The number of unbranched alkanes of at least 4 members (excludes halogenated alkanes) is 1. The van der Waals surface area contributed by atoms with Gasteiger partial charge in [-0.25, -0.2) is 0 Å². The van der Waals surface area contributed by atoms with Gasteiger partial charge in [0.25, 0.3) is 0 Å². The zero-order valence-electron chi connectivity index (χ0n) is 18.7. The summed E-state index contributed by atoms with van der Waals surface area (Å²) in [6.45, 7) is 3.65. The Labute approximate surface area is 194 Å². The van der Waals surface area contributed by atoms with Gasteiger partial charge in [-0.2, -0.15) is 0 Å². The molecule has 8 heteroatoms. The normalized spacial score (nSPS) is 24.2. The number of hydrogen-bond donors (Lipinski definition) is 3. The van der Waals surface area contributed by atoms with E-state index in [0.717, 1.165) is 6.42 Å². The minimum Gasteiger partial charge on any atom is -0.491 e. The van der Waals surface area contributed by atoms with E-state index in [-0.39, 0.29) is 37.6 Å². The van der Waals surface area contributed by atoms with Gasteiger partial charge < -0.3 is 29.5 Å². The lowest BCUT2D eigenvalue weighted by molar-refractivity contribution is -0.147.